The average Bonchev–Trinajstić information content (AvgIpc) is 2.67. The third-order valence-electron chi connectivity index (χ3n) is 4.17. The van der Waals surface area contributed by atoms with Gasteiger partial charge in [0.05, 0.1) is 6.04 Å². The van der Waals surface area contributed by atoms with E-state index < -0.39 is 0 Å². The van der Waals surface area contributed by atoms with E-state index in [9.17, 15) is 9.59 Å². The predicted molar refractivity (Wildman–Crippen MR) is 90.7 cm³/mol. The standard InChI is InChI=1S/C18H20N4O2/c1-19-17(23)13-4-2-5-14(10-13)18(24)22-9-8-21-12-16(22)15-6-3-7-20-11-15/h2-7,10-11,16,21H,8-9,12H2,1H3,(H,19,23). The van der Waals surface area contributed by atoms with Crippen LogP contribution in [-0.4, -0.2) is 48.4 Å². The van der Waals surface area contributed by atoms with Crippen LogP contribution in [0.3, 0.4) is 0 Å². The predicted octanol–water partition coefficient (Wildman–Crippen LogP) is 1.23. The monoisotopic (exact) mass is 324 g/mol. The van der Waals surface area contributed by atoms with E-state index in [1.807, 2.05) is 17.0 Å². The topological polar surface area (TPSA) is 74.3 Å². The van der Waals surface area contributed by atoms with Gasteiger partial charge in [0.25, 0.3) is 11.8 Å². The highest BCUT2D eigenvalue weighted by Gasteiger charge is 2.28. The first-order chi connectivity index (χ1) is 11.7. The highest BCUT2D eigenvalue weighted by atomic mass is 16.2. The van der Waals surface area contributed by atoms with Gasteiger partial charge in [-0.25, -0.2) is 0 Å². The van der Waals surface area contributed by atoms with E-state index in [-0.39, 0.29) is 17.9 Å². The van der Waals surface area contributed by atoms with E-state index in [2.05, 4.69) is 15.6 Å². The molecule has 1 aliphatic heterocycles. The van der Waals surface area contributed by atoms with Crippen molar-refractivity contribution < 1.29 is 9.59 Å². The Balaban J connectivity index is 1.88. The number of rotatable bonds is 3. The summed E-state index contributed by atoms with van der Waals surface area (Å²) in [6.45, 7) is 2.05. The van der Waals surface area contributed by atoms with Crippen LogP contribution in [0.4, 0.5) is 0 Å². The zero-order valence-corrected chi connectivity index (χ0v) is 13.5. The van der Waals surface area contributed by atoms with Gasteiger partial charge < -0.3 is 15.5 Å². The van der Waals surface area contributed by atoms with Crippen LogP contribution in [0.1, 0.15) is 32.3 Å². The normalized spacial score (nSPS) is 17.4. The molecule has 3 rings (SSSR count). The van der Waals surface area contributed by atoms with Gasteiger partial charge in [-0.2, -0.15) is 0 Å². The molecule has 1 aliphatic rings. The molecule has 0 aliphatic carbocycles. The van der Waals surface area contributed by atoms with Crippen LogP contribution in [-0.2, 0) is 0 Å². The molecule has 6 nitrogen and oxygen atoms in total. The molecule has 0 bridgehead atoms. The molecule has 1 fully saturated rings. The van der Waals surface area contributed by atoms with E-state index >= 15 is 0 Å². The number of hydrogen-bond acceptors (Lipinski definition) is 4. The summed E-state index contributed by atoms with van der Waals surface area (Å²) in [5.41, 5.74) is 2.00. The number of aromatic nitrogens is 1. The number of nitrogens with zero attached hydrogens (tertiary/aromatic N) is 2. The molecule has 24 heavy (non-hydrogen) atoms. The first kappa shape index (κ1) is 16.1. The minimum absolute atomic E-state index is 0.0661. The van der Waals surface area contributed by atoms with Crippen LogP contribution in [0.2, 0.25) is 0 Å². The van der Waals surface area contributed by atoms with Gasteiger partial charge in [-0.3, -0.25) is 14.6 Å². The highest BCUT2D eigenvalue weighted by molar-refractivity contribution is 5.99. The summed E-state index contributed by atoms with van der Waals surface area (Å²) in [5.74, 6) is -0.273. The van der Waals surface area contributed by atoms with Crippen molar-refractivity contribution in [2.24, 2.45) is 0 Å². The van der Waals surface area contributed by atoms with Crippen LogP contribution in [0.5, 0.6) is 0 Å². The molecule has 2 aromatic rings. The molecule has 0 spiro atoms. The Morgan fingerprint density at radius 1 is 1.25 bits per heavy atom. The summed E-state index contributed by atoms with van der Waals surface area (Å²) in [6.07, 6.45) is 3.51. The summed E-state index contributed by atoms with van der Waals surface area (Å²) >= 11 is 0. The Hall–Kier alpha value is -2.73. The Morgan fingerprint density at radius 3 is 2.83 bits per heavy atom. The third-order valence-corrected chi connectivity index (χ3v) is 4.17. The number of carbonyl (C=O) groups excluding carboxylic acids is 2. The van der Waals surface area contributed by atoms with Gasteiger partial charge in [0.1, 0.15) is 0 Å². The summed E-state index contributed by atoms with van der Waals surface area (Å²) in [5, 5.41) is 5.90. The quantitative estimate of drug-likeness (QED) is 0.890. The lowest BCUT2D eigenvalue weighted by atomic mass is 10.0. The fraction of sp³-hybridized carbons (Fsp3) is 0.278. The van der Waals surface area contributed by atoms with E-state index in [0.29, 0.717) is 24.2 Å². The van der Waals surface area contributed by atoms with Crippen LogP contribution in [0.25, 0.3) is 0 Å². The van der Waals surface area contributed by atoms with Crippen LogP contribution in [0, 0.1) is 0 Å². The molecule has 1 aromatic carbocycles. The van der Waals surface area contributed by atoms with Crippen LogP contribution >= 0.6 is 0 Å². The van der Waals surface area contributed by atoms with Gasteiger partial charge in [0.2, 0.25) is 0 Å². The lowest BCUT2D eigenvalue weighted by molar-refractivity contribution is 0.0634. The van der Waals surface area contributed by atoms with Crippen molar-refractivity contribution in [3.05, 3.63) is 65.5 Å². The highest BCUT2D eigenvalue weighted by Crippen LogP contribution is 2.23. The Bertz CT molecular complexity index is 733. The summed E-state index contributed by atoms with van der Waals surface area (Å²) in [6, 6.07) is 10.6. The second-order valence-electron chi connectivity index (χ2n) is 5.66. The van der Waals surface area contributed by atoms with Gasteiger partial charge in [0.15, 0.2) is 0 Å². The molecule has 2 amide bonds. The Labute approximate surface area is 140 Å². The minimum atomic E-state index is -0.200. The van der Waals surface area contributed by atoms with Gasteiger partial charge >= 0.3 is 0 Å². The third kappa shape index (κ3) is 3.28. The molecule has 1 aromatic heterocycles. The van der Waals surface area contributed by atoms with Gasteiger partial charge in [-0.05, 0) is 29.8 Å². The zero-order chi connectivity index (χ0) is 16.9. The van der Waals surface area contributed by atoms with Crippen LogP contribution in [0.15, 0.2) is 48.8 Å². The van der Waals surface area contributed by atoms with Gasteiger partial charge in [-0.15, -0.1) is 0 Å². The number of hydrogen-bond donors (Lipinski definition) is 2. The smallest absolute Gasteiger partial charge is 0.254 e. The maximum atomic E-state index is 13.0. The van der Waals surface area contributed by atoms with Crippen molar-refractivity contribution in [3.63, 3.8) is 0 Å². The molecule has 0 saturated carbocycles. The van der Waals surface area contributed by atoms with E-state index in [1.54, 1.807) is 43.7 Å². The molecule has 1 unspecified atom stereocenters. The first-order valence-corrected chi connectivity index (χ1v) is 7.94. The minimum Gasteiger partial charge on any atom is -0.355 e. The maximum absolute atomic E-state index is 13.0. The Morgan fingerprint density at radius 2 is 2.08 bits per heavy atom. The van der Waals surface area contributed by atoms with E-state index in [4.69, 9.17) is 0 Å². The molecule has 0 radical (unpaired) electrons. The summed E-state index contributed by atoms with van der Waals surface area (Å²) in [7, 11) is 1.57. The number of benzene rings is 1. The molecule has 2 N–H and O–H groups in total. The molecule has 1 saturated heterocycles. The molecule has 2 heterocycles. The van der Waals surface area contributed by atoms with Gasteiger partial charge in [0, 0.05) is 50.2 Å². The lowest BCUT2D eigenvalue weighted by Gasteiger charge is -2.36. The summed E-state index contributed by atoms with van der Waals surface area (Å²) in [4.78, 5) is 30.8. The first-order valence-electron chi connectivity index (χ1n) is 7.94. The van der Waals surface area contributed by atoms with Crippen LogP contribution < -0.4 is 10.6 Å². The Kier molecular flexibility index (Phi) is 4.86. The van der Waals surface area contributed by atoms with Crippen molar-refractivity contribution >= 4 is 11.8 Å². The number of piperazine rings is 1. The second kappa shape index (κ2) is 7.23. The maximum Gasteiger partial charge on any atom is 0.254 e. The summed E-state index contributed by atoms with van der Waals surface area (Å²) < 4.78 is 0. The fourth-order valence-electron chi connectivity index (χ4n) is 2.92. The van der Waals surface area contributed by atoms with E-state index in [0.717, 1.165) is 12.1 Å². The molecule has 6 heteroatoms. The molecular formula is C18H20N4O2. The van der Waals surface area contributed by atoms with Crippen molar-refractivity contribution in [2.45, 2.75) is 6.04 Å². The largest absolute Gasteiger partial charge is 0.355 e. The van der Waals surface area contributed by atoms with E-state index in [1.165, 1.54) is 0 Å². The number of pyridine rings is 1. The SMILES string of the molecule is CNC(=O)c1cccc(C(=O)N2CCNCC2c2cccnc2)c1. The molecule has 124 valence electrons. The number of carbonyl (C=O) groups is 2. The second-order valence-corrected chi connectivity index (χ2v) is 5.66. The zero-order valence-electron chi connectivity index (χ0n) is 13.5. The average molecular weight is 324 g/mol. The van der Waals surface area contributed by atoms with Crippen molar-refractivity contribution in [2.75, 3.05) is 26.7 Å². The number of amides is 2. The van der Waals surface area contributed by atoms with Gasteiger partial charge in [-0.1, -0.05) is 12.1 Å². The fourth-order valence-corrected chi connectivity index (χ4v) is 2.92. The van der Waals surface area contributed by atoms with Crippen molar-refractivity contribution in [1.82, 2.24) is 20.5 Å². The molecule has 1 atom stereocenters. The molecular weight excluding hydrogens is 304 g/mol. The van der Waals surface area contributed by atoms with Crippen molar-refractivity contribution in [1.29, 1.82) is 0 Å². The lowest BCUT2D eigenvalue weighted by Crippen LogP contribution is -2.48. The number of nitrogens with one attached hydrogen (secondary N) is 2. The van der Waals surface area contributed by atoms with Crippen molar-refractivity contribution in [3.8, 4) is 0 Å².